The zero-order valence-electron chi connectivity index (χ0n) is 12.9. The van der Waals surface area contributed by atoms with E-state index in [0.717, 1.165) is 12.5 Å². The standard InChI is InChI=1S/C14H16N2O5S3/c1-23(18,19)15-11-3-7-13(8-4-11)22(17)14-9-5-12(6-10-14)16-24(2,20)21/h3-10,15-16H,1-2H3. The van der Waals surface area contributed by atoms with Crippen molar-refractivity contribution in [3.63, 3.8) is 0 Å². The quantitative estimate of drug-likeness (QED) is 0.729. The molecule has 0 aromatic heterocycles. The van der Waals surface area contributed by atoms with Gasteiger partial charge in [-0.25, -0.2) is 16.8 Å². The molecule has 0 amide bonds. The molecule has 2 rings (SSSR count). The van der Waals surface area contributed by atoms with Gasteiger partial charge in [-0.05, 0) is 48.5 Å². The molecule has 2 aromatic rings. The van der Waals surface area contributed by atoms with E-state index in [-0.39, 0.29) is 0 Å². The molecule has 0 aliphatic carbocycles. The van der Waals surface area contributed by atoms with Crippen molar-refractivity contribution in [1.29, 1.82) is 0 Å². The van der Waals surface area contributed by atoms with Crippen molar-refractivity contribution in [3.05, 3.63) is 48.5 Å². The second-order valence-electron chi connectivity index (χ2n) is 5.07. The maximum absolute atomic E-state index is 12.5. The smallest absolute Gasteiger partial charge is 0.229 e. The maximum Gasteiger partial charge on any atom is 0.229 e. The van der Waals surface area contributed by atoms with Crippen molar-refractivity contribution < 1.29 is 21.4 Å². The van der Waals surface area contributed by atoms with Crippen LogP contribution >= 0.6 is 0 Å². The number of anilines is 2. The third kappa shape index (κ3) is 5.71. The molecule has 0 saturated heterocycles. The van der Waals surface area contributed by atoms with Crippen LogP contribution in [0.25, 0.3) is 0 Å². The fourth-order valence-corrected chi connectivity index (χ4v) is 4.02. The molecule has 0 atom stereocenters. The molecule has 0 heterocycles. The van der Waals surface area contributed by atoms with Crippen molar-refractivity contribution in [2.75, 3.05) is 22.0 Å². The van der Waals surface area contributed by atoms with Gasteiger partial charge in [0.1, 0.15) is 0 Å². The Morgan fingerprint density at radius 1 is 0.708 bits per heavy atom. The molecule has 0 spiro atoms. The average molecular weight is 388 g/mol. The number of rotatable bonds is 6. The highest BCUT2D eigenvalue weighted by Crippen LogP contribution is 2.24. The lowest BCUT2D eigenvalue weighted by Crippen LogP contribution is -2.10. The minimum absolute atomic E-state index is 0.381. The molecule has 0 unspecified atom stereocenters. The Hall–Kier alpha value is -1.75. The number of sulfonamides is 2. The van der Waals surface area contributed by atoms with Crippen LogP contribution in [0.15, 0.2) is 58.3 Å². The molecule has 2 aromatic carbocycles. The molecule has 0 saturated carbocycles. The number of nitrogens with one attached hydrogen (secondary N) is 2. The first-order valence-corrected chi connectivity index (χ1v) is 11.5. The first-order valence-electron chi connectivity index (χ1n) is 6.61. The van der Waals surface area contributed by atoms with Crippen LogP contribution in [0.1, 0.15) is 0 Å². The number of hydrogen-bond donors (Lipinski definition) is 2. The molecular formula is C14H16N2O5S3. The lowest BCUT2D eigenvalue weighted by Gasteiger charge is -2.11. The average Bonchev–Trinajstić information content (AvgIpc) is 2.45. The third-order valence-electron chi connectivity index (χ3n) is 2.74. The highest BCUT2D eigenvalue weighted by Gasteiger charge is 2.15. The highest BCUT2D eigenvalue weighted by molar-refractivity contribution is 7.92. The molecule has 0 aliphatic rings. The Balaban J connectivity index is 2.15. The zero-order chi connectivity index (χ0) is 18.0. The van der Waals surface area contributed by atoms with Crippen LogP contribution < -0.4 is 9.44 Å². The number of benzene rings is 2. The van der Waals surface area contributed by atoms with E-state index in [1.165, 1.54) is 24.3 Å². The van der Waals surface area contributed by atoms with Crippen LogP contribution in [0.3, 0.4) is 0 Å². The molecule has 2 N–H and O–H groups in total. The van der Waals surface area contributed by atoms with E-state index in [2.05, 4.69) is 9.44 Å². The van der Waals surface area contributed by atoms with Gasteiger partial charge in [0.15, 0.2) is 9.79 Å². The van der Waals surface area contributed by atoms with E-state index in [0.29, 0.717) is 21.2 Å². The van der Waals surface area contributed by atoms with Gasteiger partial charge in [0.25, 0.3) is 0 Å². The van der Waals surface area contributed by atoms with Crippen molar-refractivity contribution in [2.45, 2.75) is 9.79 Å². The van der Waals surface area contributed by atoms with E-state index in [1.54, 1.807) is 24.3 Å². The van der Waals surface area contributed by atoms with Gasteiger partial charge in [0, 0.05) is 22.6 Å². The summed E-state index contributed by atoms with van der Waals surface area (Å²) in [5.74, 6) is 0. The topological polar surface area (TPSA) is 115 Å². The van der Waals surface area contributed by atoms with Gasteiger partial charge < -0.3 is 4.55 Å². The van der Waals surface area contributed by atoms with E-state index in [1.807, 2.05) is 0 Å². The Labute approximate surface area is 144 Å². The van der Waals surface area contributed by atoms with Crippen molar-refractivity contribution >= 4 is 42.6 Å². The van der Waals surface area contributed by atoms with Crippen LogP contribution in [-0.2, 0) is 31.2 Å². The number of hydrogen-bond acceptors (Lipinski definition) is 5. The normalized spacial score (nSPS) is 12.2. The lowest BCUT2D eigenvalue weighted by molar-refractivity contribution is 0.595. The third-order valence-corrected chi connectivity index (χ3v) is 5.36. The monoisotopic (exact) mass is 388 g/mol. The van der Waals surface area contributed by atoms with Crippen LogP contribution in [0.5, 0.6) is 0 Å². The van der Waals surface area contributed by atoms with E-state index in [9.17, 15) is 21.4 Å². The predicted octanol–water partition coefficient (Wildman–Crippen LogP) is 1.60. The zero-order valence-corrected chi connectivity index (χ0v) is 15.3. The Kier molecular flexibility index (Phi) is 5.43. The first kappa shape index (κ1) is 18.6. The summed E-state index contributed by atoms with van der Waals surface area (Å²) in [6, 6.07) is 12.3. The second-order valence-corrected chi connectivity index (χ2v) is 10.0. The molecule has 0 radical (unpaired) electrons. The highest BCUT2D eigenvalue weighted by atomic mass is 32.2. The van der Waals surface area contributed by atoms with Crippen molar-refractivity contribution in [3.8, 4) is 0 Å². The van der Waals surface area contributed by atoms with E-state index >= 15 is 0 Å². The van der Waals surface area contributed by atoms with Gasteiger partial charge in [-0.2, -0.15) is 0 Å². The van der Waals surface area contributed by atoms with Crippen LogP contribution in [0.4, 0.5) is 11.4 Å². The van der Waals surface area contributed by atoms with Gasteiger partial charge in [0.05, 0.1) is 12.5 Å². The fraction of sp³-hybridized carbons (Fsp3) is 0.143. The Bertz CT molecular complexity index is 830. The van der Waals surface area contributed by atoms with Crippen LogP contribution in [0, 0.1) is 0 Å². The summed E-state index contributed by atoms with van der Waals surface area (Å²) in [5.41, 5.74) is 0.761. The first-order chi connectivity index (χ1) is 11.0. The Morgan fingerprint density at radius 3 is 1.25 bits per heavy atom. The molecule has 24 heavy (non-hydrogen) atoms. The molecule has 0 aliphatic heterocycles. The summed E-state index contributed by atoms with van der Waals surface area (Å²) < 4.78 is 61.7. The van der Waals surface area contributed by atoms with E-state index in [4.69, 9.17) is 0 Å². The van der Waals surface area contributed by atoms with Gasteiger partial charge in [-0.3, -0.25) is 9.44 Å². The minimum atomic E-state index is -3.36. The second kappa shape index (κ2) is 7.01. The molecule has 130 valence electrons. The summed E-state index contributed by atoms with van der Waals surface area (Å²) in [6.45, 7) is 0. The predicted molar refractivity (Wildman–Crippen MR) is 94.5 cm³/mol. The largest absolute Gasteiger partial charge is 0.606 e. The fourth-order valence-electron chi connectivity index (χ4n) is 1.86. The summed E-state index contributed by atoms with van der Waals surface area (Å²) in [4.78, 5) is 0.996. The van der Waals surface area contributed by atoms with E-state index < -0.39 is 31.2 Å². The summed E-state index contributed by atoms with van der Waals surface area (Å²) in [5, 5.41) is 0. The van der Waals surface area contributed by atoms with Crippen LogP contribution in [0.2, 0.25) is 0 Å². The Morgan fingerprint density at radius 2 is 1.00 bits per heavy atom. The molecular weight excluding hydrogens is 372 g/mol. The molecule has 7 nitrogen and oxygen atoms in total. The summed E-state index contributed by atoms with van der Waals surface area (Å²) in [6.07, 6.45) is 2.09. The van der Waals surface area contributed by atoms with Crippen molar-refractivity contribution in [1.82, 2.24) is 0 Å². The van der Waals surface area contributed by atoms with Gasteiger partial charge in [-0.1, -0.05) is 0 Å². The van der Waals surface area contributed by atoms with Crippen molar-refractivity contribution in [2.24, 2.45) is 0 Å². The van der Waals surface area contributed by atoms with Crippen LogP contribution in [-0.4, -0.2) is 33.9 Å². The maximum atomic E-state index is 12.5. The van der Waals surface area contributed by atoms with Gasteiger partial charge in [-0.15, -0.1) is 0 Å². The summed E-state index contributed by atoms with van der Waals surface area (Å²) in [7, 11) is -6.73. The minimum Gasteiger partial charge on any atom is -0.606 e. The SMILES string of the molecule is CS(=O)(=O)Nc1ccc([S+]([O-])c2ccc(NS(C)(=O)=O)cc2)cc1. The van der Waals surface area contributed by atoms with Gasteiger partial charge in [0.2, 0.25) is 20.0 Å². The molecule has 10 heteroatoms. The molecule has 0 bridgehead atoms. The molecule has 0 fully saturated rings. The lowest BCUT2D eigenvalue weighted by atomic mass is 10.3. The van der Waals surface area contributed by atoms with Gasteiger partial charge >= 0.3 is 0 Å². The summed E-state index contributed by atoms with van der Waals surface area (Å²) >= 11 is -1.46.